The van der Waals surface area contributed by atoms with Gasteiger partial charge in [-0.25, -0.2) is 4.79 Å². The SMILES string of the molecule is Cc1cc2c(=O)n(CC(=O)Nc3cccc4ccccc34)c(=O)[nH]c2s1. The number of nitrogens with one attached hydrogen (secondary N) is 2. The van der Waals surface area contributed by atoms with Gasteiger partial charge in [0.05, 0.1) is 5.39 Å². The standard InChI is InChI=1S/C19H15N3O3S/c1-11-9-14-17(26-11)21-19(25)22(18(14)24)10-16(23)20-15-8-4-6-12-5-2-3-7-13(12)15/h2-9H,10H2,1H3,(H,20,23)(H,21,25). The molecular formula is C19H15N3O3S. The molecule has 1 amide bonds. The molecule has 0 fully saturated rings. The Labute approximate surface area is 151 Å². The zero-order valence-corrected chi connectivity index (χ0v) is 14.7. The molecule has 0 saturated heterocycles. The van der Waals surface area contributed by atoms with Crippen LogP contribution in [0.1, 0.15) is 4.88 Å². The maximum Gasteiger partial charge on any atom is 0.329 e. The first kappa shape index (κ1) is 16.3. The number of anilines is 1. The molecule has 0 atom stereocenters. The van der Waals surface area contributed by atoms with Gasteiger partial charge in [-0.05, 0) is 24.4 Å². The van der Waals surface area contributed by atoms with Crippen LogP contribution in [0, 0.1) is 6.92 Å². The molecule has 0 aliphatic heterocycles. The zero-order chi connectivity index (χ0) is 18.3. The van der Waals surface area contributed by atoms with E-state index in [4.69, 9.17) is 0 Å². The van der Waals surface area contributed by atoms with Crippen molar-refractivity contribution in [2.45, 2.75) is 13.5 Å². The van der Waals surface area contributed by atoms with Crippen molar-refractivity contribution < 1.29 is 4.79 Å². The molecule has 0 aliphatic rings. The minimum Gasteiger partial charge on any atom is -0.324 e. The second kappa shape index (κ2) is 6.27. The normalized spacial score (nSPS) is 11.1. The number of thiophene rings is 1. The molecule has 2 heterocycles. The third kappa shape index (κ3) is 2.82. The lowest BCUT2D eigenvalue weighted by molar-refractivity contribution is -0.116. The van der Waals surface area contributed by atoms with Crippen LogP contribution < -0.4 is 16.6 Å². The van der Waals surface area contributed by atoms with Crippen molar-refractivity contribution >= 4 is 43.9 Å². The molecule has 2 N–H and O–H groups in total. The van der Waals surface area contributed by atoms with Crippen molar-refractivity contribution in [2.24, 2.45) is 0 Å². The predicted molar refractivity (Wildman–Crippen MR) is 104 cm³/mol. The van der Waals surface area contributed by atoms with Crippen LogP contribution in [0.15, 0.2) is 58.1 Å². The number of aryl methyl sites for hydroxylation is 1. The third-order valence-corrected chi connectivity index (χ3v) is 5.13. The number of aromatic nitrogens is 2. The van der Waals surface area contributed by atoms with Gasteiger partial charge in [0.1, 0.15) is 11.4 Å². The van der Waals surface area contributed by atoms with Crippen molar-refractivity contribution in [3.8, 4) is 0 Å². The molecule has 6 nitrogen and oxygen atoms in total. The molecule has 0 unspecified atom stereocenters. The van der Waals surface area contributed by atoms with Crippen molar-refractivity contribution in [2.75, 3.05) is 5.32 Å². The maximum absolute atomic E-state index is 12.5. The van der Waals surface area contributed by atoms with Crippen molar-refractivity contribution in [1.82, 2.24) is 9.55 Å². The van der Waals surface area contributed by atoms with E-state index in [1.165, 1.54) is 11.3 Å². The molecule has 0 radical (unpaired) electrons. The van der Waals surface area contributed by atoms with Gasteiger partial charge in [0.25, 0.3) is 5.56 Å². The molecule has 130 valence electrons. The lowest BCUT2D eigenvalue weighted by Gasteiger charge is -2.09. The van der Waals surface area contributed by atoms with Gasteiger partial charge in [-0.1, -0.05) is 36.4 Å². The summed E-state index contributed by atoms with van der Waals surface area (Å²) >= 11 is 1.34. The summed E-state index contributed by atoms with van der Waals surface area (Å²) in [5, 5.41) is 5.11. The van der Waals surface area contributed by atoms with Crippen LogP contribution >= 0.6 is 11.3 Å². The summed E-state index contributed by atoms with van der Waals surface area (Å²) in [6.07, 6.45) is 0. The second-order valence-electron chi connectivity index (χ2n) is 6.00. The Hall–Kier alpha value is -3.19. The topological polar surface area (TPSA) is 84.0 Å². The lowest BCUT2D eigenvalue weighted by atomic mass is 10.1. The Balaban J connectivity index is 1.67. The number of benzene rings is 2. The summed E-state index contributed by atoms with van der Waals surface area (Å²) in [6, 6.07) is 15.0. The number of H-pyrrole nitrogens is 1. The van der Waals surface area contributed by atoms with Gasteiger partial charge < -0.3 is 5.32 Å². The van der Waals surface area contributed by atoms with E-state index in [9.17, 15) is 14.4 Å². The van der Waals surface area contributed by atoms with Gasteiger partial charge in [0.2, 0.25) is 5.91 Å². The summed E-state index contributed by atoms with van der Waals surface area (Å²) in [7, 11) is 0. The van der Waals surface area contributed by atoms with Gasteiger partial charge in [0.15, 0.2) is 0 Å². The fourth-order valence-electron chi connectivity index (χ4n) is 2.98. The molecule has 0 aliphatic carbocycles. The highest BCUT2D eigenvalue weighted by molar-refractivity contribution is 7.18. The first-order chi connectivity index (χ1) is 12.5. The van der Waals surface area contributed by atoms with Crippen LogP contribution in [-0.4, -0.2) is 15.5 Å². The Bertz CT molecular complexity index is 1260. The van der Waals surface area contributed by atoms with Crippen LogP contribution in [0.4, 0.5) is 5.69 Å². The van der Waals surface area contributed by atoms with E-state index in [0.717, 1.165) is 20.2 Å². The van der Waals surface area contributed by atoms with E-state index < -0.39 is 17.2 Å². The zero-order valence-electron chi connectivity index (χ0n) is 13.9. The second-order valence-corrected chi connectivity index (χ2v) is 7.25. The summed E-state index contributed by atoms with van der Waals surface area (Å²) < 4.78 is 0.926. The minimum atomic E-state index is -0.586. The monoisotopic (exact) mass is 365 g/mol. The minimum absolute atomic E-state index is 0.345. The number of amides is 1. The van der Waals surface area contributed by atoms with E-state index >= 15 is 0 Å². The highest BCUT2D eigenvalue weighted by Crippen LogP contribution is 2.23. The molecule has 4 rings (SSSR count). The summed E-state index contributed by atoms with van der Waals surface area (Å²) in [4.78, 5) is 41.3. The van der Waals surface area contributed by atoms with E-state index in [2.05, 4.69) is 10.3 Å². The quantitative estimate of drug-likeness (QED) is 0.585. The number of nitrogens with zero attached hydrogens (tertiary/aromatic N) is 1. The smallest absolute Gasteiger partial charge is 0.324 e. The molecule has 2 aromatic heterocycles. The van der Waals surface area contributed by atoms with Crippen molar-refractivity contribution in [3.63, 3.8) is 0 Å². The Kier molecular flexibility index (Phi) is 3.93. The average molecular weight is 365 g/mol. The summed E-state index contributed by atoms with van der Waals surface area (Å²) in [5.41, 5.74) is -0.399. The molecular weight excluding hydrogens is 350 g/mol. The van der Waals surface area contributed by atoms with Gasteiger partial charge >= 0.3 is 5.69 Å². The van der Waals surface area contributed by atoms with Crippen LogP contribution in [0.5, 0.6) is 0 Å². The number of hydrogen-bond donors (Lipinski definition) is 2. The molecule has 7 heteroatoms. The average Bonchev–Trinajstić information content (AvgIpc) is 2.99. The van der Waals surface area contributed by atoms with Gasteiger partial charge in [0, 0.05) is 16.0 Å². The molecule has 26 heavy (non-hydrogen) atoms. The highest BCUT2D eigenvalue weighted by Gasteiger charge is 2.14. The summed E-state index contributed by atoms with van der Waals surface area (Å²) in [6.45, 7) is 1.52. The number of carbonyl (C=O) groups is 1. The van der Waals surface area contributed by atoms with E-state index in [-0.39, 0.29) is 6.54 Å². The number of fused-ring (bicyclic) bond motifs is 2. The first-order valence-corrected chi connectivity index (χ1v) is 8.85. The molecule has 0 spiro atoms. The van der Waals surface area contributed by atoms with Crippen LogP contribution in [0.2, 0.25) is 0 Å². The third-order valence-electron chi connectivity index (χ3n) is 4.16. The first-order valence-electron chi connectivity index (χ1n) is 8.04. The molecule has 4 aromatic rings. The number of carbonyl (C=O) groups excluding carboxylic acids is 1. The highest BCUT2D eigenvalue weighted by atomic mass is 32.1. The number of hydrogen-bond acceptors (Lipinski definition) is 4. The number of aromatic amines is 1. The summed E-state index contributed by atoms with van der Waals surface area (Å²) in [5.74, 6) is -0.430. The fraction of sp³-hybridized carbons (Fsp3) is 0.105. The lowest BCUT2D eigenvalue weighted by Crippen LogP contribution is -2.38. The van der Waals surface area contributed by atoms with E-state index in [1.807, 2.05) is 43.3 Å². The molecule has 2 aromatic carbocycles. The van der Waals surface area contributed by atoms with Crippen molar-refractivity contribution in [1.29, 1.82) is 0 Å². The van der Waals surface area contributed by atoms with Gasteiger partial charge in [-0.2, -0.15) is 0 Å². The predicted octanol–water partition coefficient (Wildman–Crippen LogP) is 2.85. The maximum atomic E-state index is 12.5. The van der Waals surface area contributed by atoms with Crippen LogP contribution in [0.3, 0.4) is 0 Å². The van der Waals surface area contributed by atoms with E-state index in [0.29, 0.717) is 15.9 Å². The van der Waals surface area contributed by atoms with Crippen LogP contribution in [0.25, 0.3) is 21.0 Å². The fourth-order valence-corrected chi connectivity index (χ4v) is 3.87. The van der Waals surface area contributed by atoms with Gasteiger partial charge in [-0.3, -0.25) is 19.1 Å². The Morgan fingerprint density at radius 3 is 2.73 bits per heavy atom. The number of rotatable bonds is 3. The Morgan fingerprint density at radius 2 is 1.88 bits per heavy atom. The largest absolute Gasteiger partial charge is 0.329 e. The van der Waals surface area contributed by atoms with Crippen molar-refractivity contribution in [3.05, 3.63) is 74.2 Å². The van der Waals surface area contributed by atoms with Crippen LogP contribution in [-0.2, 0) is 11.3 Å². The molecule has 0 bridgehead atoms. The van der Waals surface area contributed by atoms with Gasteiger partial charge in [-0.15, -0.1) is 11.3 Å². The van der Waals surface area contributed by atoms with E-state index in [1.54, 1.807) is 12.1 Å². The molecule has 0 saturated carbocycles. The Morgan fingerprint density at radius 1 is 1.12 bits per heavy atom.